The molecule has 3 heteroatoms. The van der Waals surface area contributed by atoms with Crippen LogP contribution in [0.1, 0.15) is 118 Å². The summed E-state index contributed by atoms with van der Waals surface area (Å²) in [6.45, 7) is 11.1. The van der Waals surface area contributed by atoms with Crippen molar-refractivity contribution in [3.8, 4) is 0 Å². The third-order valence-corrected chi connectivity index (χ3v) is 4.87. The van der Waals surface area contributed by atoms with E-state index in [9.17, 15) is 0 Å². The zero-order valence-corrected chi connectivity index (χ0v) is 17.9. The summed E-state index contributed by atoms with van der Waals surface area (Å²) in [5.41, 5.74) is 0. The zero-order valence-electron chi connectivity index (χ0n) is 17.9. The highest BCUT2D eigenvalue weighted by molar-refractivity contribution is 4.60. The molecular formula is C22H48N2O. The summed E-state index contributed by atoms with van der Waals surface area (Å²) in [4.78, 5) is 0. The maximum absolute atomic E-state index is 6.22. The molecule has 2 atom stereocenters. The van der Waals surface area contributed by atoms with E-state index in [0.717, 1.165) is 25.9 Å². The average molecular weight is 357 g/mol. The number of unbranched alkanes of at least 4 members (excludes halogenated alkanes) is 10. The van der Waals surface area contributed by atoms with E-state index in [-0.39, 0.29) is 12.5 Å². The van der Waals surface area contributed by atoms with E-state index in [2.05, 4.69) is 38.3 Å². The maximum atomic E-state index is 6.22. The van der Waals surface area contributed by atoms with Crippen molar-refractivity contribution in [1.82, 2.24) is 10.6 Å². The van der Waals surface area contributed by atoms with Crippen LogP contribution in [0.4, 0.5) is 0 Å². The standard InChI is InChI=1S/C22H48N2O/c1-5-9-11-13-15-17-19-23-21(7-3)25-22(8-4)24-20-18-16-14-12-10-6-2/h21-24H,5-20H2,1-4H3. The first-order valence-electron chi connectivity index (χ1n) is 11.4. The maximum Gasteiger partial charge on any atom is 0.109 e. The summed E-state index contributed by atoms with van der Waals surface area (Å²) in [7, 11) is 0. The van der Waals surface area contributed by atoms with Crippen molar-refractivity contribution in [3.05, 3.63) is 0 Å². The molecule has 0 aliphatic heterocycles. The average Bonchev–Trinajstić information content (AvgIpc) is 2.64. The third-order valence-electron chi connectivity index (χ3n) is 4.87. The molecular weight excluding hydrogens is 308 g/mol. The van der Waals surface area contributed by atoms with Gasteiger partial charge in [0.15, 0.2) is 0 Å². The second-order valence-corrected chi connectivity index (χ2v) is 7.37. The van der Waals surface area contributed by atoms with E-state index in [1.807, 2.05) is 0 Å². The van der Waals surface area contributed by atoms with Crippen molar-refractivity contribution < 1.29 is 4.74 Å². The predicted octanol–water partition coefficient (Wildman–Crippen LogP) is 6.38. The molecule has 0 radical (unpaired) electrons. The van der Waals surface area contributed by atoms with Gasteiger partial charge in [0.25, 0.3) is 0 Å². The van der Waals surface area contributed by atoms with Gasteiger partial charge in [0.1, 0.15) is 12.5 Å². The molecule has 2 unspecified atom stereocenters. The van der Waals surface area contributed by atoms with Gasteiger partial charge in [0.05, 0.1) is 0 Å². The molecule has 0 saturated carbocycles. The lowest BCUT2D eigenvalue weighted by Crippen LogP contribution is -2.41. The van der Waals surface area contributed by atoms with Gasteiger partial charge in [-0.15, -0.1) is 0 Å². The summed E-state index contributed by atoms with van der Waals surface area (Å²) in [5.74, 6) is 0. The summed E-state index contributed by atoms with van der Waals surface area (Å²) >= 11 is 0. The fourth-order valence-corrected chi connectivity index (χ4v) is 3.11. The fourth-order valence-electron chi connectivity index (χ4n) is 3.11. The van der Waals surface area contributed by atoms with Gasteiger partial charge in [-0.2, -0.15) is 0 Å². The quantitative estimate of drug-likeness (QED) is 0.196. The minimum Gasteiger partial charge on any atom is -0.345 e. The molecule has 152 valence electrons. The van der Waals surface area contributed by atoms with Gasteiger partial charge in [-0.3, -0.25) is 10.6 Å². The Labute approximate surface area is 159 Å². The van der Waals surface area contributed by atoms with Crippen LogP contribution >= 0.6 is 0 Å². The SMILES string of the molecule is CCCCCCCCNC(CC)OC(CC)NCCCCCCCC. The van der Waals surface area contributed by atoms with Crippen LogP contribution in [0, 0.1) is 0 Å². The Hall–Kier alpha value is -0.120. The molecule has 0 bridgehead atoms. The molecule has 0 amide bonds. The van der Waals surface area contributed by atoms with Crippen LogP contribution in [-0.2, 0) is 4.74 Å². The third kappa shape index (κ3) is 17.1. The summed E-state index contributed by atoms with van der Waals surface area (Å²) in [6.07, 6.45) is 18.6. The topological polar surface area (TPSA) is 33.3 Å². The van der Waals surface area contributed by atoms with Gasteiger partial charge in [-0.05, 0) is 38.8 Å². The molecule has 2 N–H and O–H groups in total. The number of hydrogen-bond acceptors (Lipinski definition) is 3. The Balaban J connectivity index is 3.67. The normalized spacial score (nSPS) is 13.9. The molecule has 0 aromatic carbocycles. The molecule has 0 spiro atoms. The molecule has 0 fully saturated rings. The van der Waals surface area contributed by atoms with Crippen LogP contribution in [0.2, 0.25) is 0 Å². The number of nitrogens with one attached hydrogen (secondary N) is 2. The molecule has 3 nitrogen and oxygen atoms in total. The highest BCUT2D eigenvalue weighted by Gasteiger charge is 2.12. The second kappa shape index (κ2) is 20.2. The first-order valence-corrected chi connectivity index (χ1v) is 11.4. The van der Waals surface area contributed by atoms with Gasteiger partial charge < -0.3 is 4.74 Å². The minimum absolute atomic E-state index is 0.192. The number of ether oxygens (including phenoxy) is 1. The van der Waals surface area contributed by atoms with Gasteiger partial charge in [-0.1, -0.05) is 91.9 Å². The van der Waals surface area contributed by atoms with Crippen LogP contribution in [0.15, 0.2) is 0 Å². The van der Waals surface area contributed by atoms with Gasteiger partial charge in [-0.25, -0.2) is 0 Å². The highest BCUT2D eigenvalue weighted by Crippen LogP contribution is 2.07. The lowest BCUT2D eigenvalue weighted by Gasteiger charge is -2.25. The Bertz CT molecular complexity index is 224. The monoisotopic (exact) mass is 356 g/mol. The lowest BCUT2D eigenvalue weighted by atomic mass is 10.1. The zero-order chi connectivity index (χ0) is 18.6. The van der Waals surface area contributed by atoms with Crippen molar-refractivity contribution in [1.29, 1.82) is 0 Å². The molecule has 0 rings (SSSR count). The Morgan fingerprint density at radius 2 is 0.880 bits per heavy atom. The molecule has 25 heavy (non-hydrogen) atoms. The lowest BCUT2D eigenvalue weighted by molar-refractivity contribution is -0.0495. The fraction of sp³-hybridized carbons (Fsp3) is 1.00. The highest BCUT2D eigenvalue weighted by atomic mass is 16.5. The van der Waals surface area contributed by atoms with Crippen LogP contribution in [-0.4, -0.2) is 25.5 Å². The van der Waals surface area contributed by atoms with Crippen LogP contribution in [0.5, 0.6) is 0 Å². The Morgan fingerprint density at radius 3 is 1.24 bits per heavy atom. The van der Waals surface area contributed by atoms with Crippen LogP contribution in [0.3, 0.4) is 0 Å². The molecule has 0 saturated heterocycles. The van der Waals surface area contributed by atoms with Crippen LogP contribution < -0.4 is 10.6 Å². The molecule has 0 heterocycles. The smallest absolute Gasteiger partial charge is 0.109 e. The van der Waals surface area contributed by atoms with Gasteiger partial charge in [0, 0.05) is 0 Å². The van der Waals surface area contributed by atoms with Gasteiger partial charge >= 0.3 is 0 Å². The van der Waals surface area contributed by atoms with E-state index in [1.54, 1.807) is 0 Å². The first kappa shape index (κ1) is 24.9. The van der Waals surface area contributed by atoms with Crippen molar-refractivity contribution in [2.45, 2.75) is 130 Å². The van der Waals surface area contributed by atoms with E-state index in [1.165, 1.54) is 77.0 Å². The summed E-state index contributed by atoms with van der Waals surface area (Å²) in [6, 6.07) is 0. The van der Waals surface area contributed by atoms with Crippen molar-refractivity contribution >= 4 is 0 Å². The minimum atomic E-state index is 0.192. The van der Waals surface area contributed by atoms with E-state index >= 15 is 0 Å². The Morgan fingerprint density at radius 1 is 0.520 bits per heavy atom. The van der Waals surface area contributed by atoms with Crippen molar-refractivity contribution in [2.24, 2.45) is 0 Å². The number of hydrogen-bond donors (Lipinski definition) is 2. The Kier molecular flexibility index (Phi) is 20.1. The second-order valence-electron chi connectivity index (χ2n) is 7.37. The van der Waals surface area contributed by atoms with Gasteiger partial charge in [0.2, 0.25) is 0 Å². The molecule has 0 aliphatic carbocycles. The van der Waals surface area contributed by atoms with E-state index in [0.29, 0.717) is 0 Å². The molecule has 0 aromatic heterocycles. The summed E-state index contributed by atoms with van der Waals surface area (Å²) in [5, 5.41) is 7.18. The molecule has 0 aliphatic rings. The largest absolute Gasteiger partial charge is 0.345 e. The van der Waals surface area contributed by atoms with E-state index in [4.69, 9.17) is 4.74 Å². The summed E-state index contributed by atoms with van der Waals surface area (Å²) < 4.78 is 6.22. The molecule has 0 aromatic rings. The van der Waals surface area contributed by atoms with Crippen molar-refractivity contribution in [2.75, 3.05) is 13.1 Å². The van der Waals surface area contributed by atoms with Crippen LogP contribution in [0.25, 0.3) is 0 Å². The first-order chi connectivity index (χ1) is 12.3. The predicted molar refractivity (Wildman–Crippen MR) is 112 cm³/mol. The van der Waals surface area contributed by atoms with E-state index < -0.39 is 0 Å². The van der Waals surface area contributed by atoms with Crippen molar-refractivity contribution in [3.63, 3.8) is 0 Å². The number of rotatable bonds is 20.